The molecule has 2 aromatic rings. The molecule has 0 atom stereocenters. The molecule has 0 spiro atoms. The molecule has 152 valence electrons. The van der Waals surface area contributed by atoms with Crippen molar-refractivity contribution in [2.75, 3.05) is 13.1 Å². The lowest BCUT2D eigenvalue weighted by Gasteiger charge is -2.31. The Hall–Kier alpha value is -1.58. The molecule has 7 nitrogen and oxygen atoms in total. The molecule has 0 unspecified atom stereocenters. The first kappa shape index (κ1) is 19.7. The average molecular weight is 423 g/mol. The van der Waals surface area contributed by atoms with Gasteiger partial charge in [0.25, 0.3) is 0 Å². The van der Waals surface area contributed by atoms with Crippen molar-refractivity contribution in [3.8, 4) is 0 Å². The first-order valence-corrected chi connectivity index (χ1v) is 12.2. The van der Waals surface area contributed by atoms with Crippen LogP contribution in [-0.4, -0.2) is 46.5 Å². The van der Waals surface area contributed by atoms with Gasteiger partial charge in [-0.25, -0.2) is 8.42 Å². The highest BCUT2D eigenvalue weighted by atomic mass is 32.2. The van der Waals surface area contributed by atoms with E-state index in [0.717, 1.165) is 24.6 Å². The number of aromatic nitrogens is 2. The maximum Gasteiger partial charge on any atom is 0.245 e. The van der Waals surface area contributed by atoms with Crippen LogP contribution in [0.1, 0.15) is 51.4 Å². The third kappa shape index (κ3) is 4.06. The molecule has 1 amide bonds. The maximum atomic E-state index is 13.1. The van der Waals surface area contributed by atoms with E-state index in [9.17, 15) is 13.2 Å². The molecule has 2 heterocycles. The molecule has 1 saturated carbocycles. The van der Waals surface area contributed by atoms with Gasteiger partial charge in [0.05, 0.1) is 11.7 Å². The molecule has 1 aromatic carbocycles. The zero-order chi connectivity index (χ0) is 19.6. The van der Waals surface area contributed by atoms with Gasteiger partial charge in [0.15, 0.2) is 0 Å². The molecule has 2 aliphatic rings. The van der Waals surface area contributed by atoms with Crippen molar-refractivity contribution in [2.24, 2.45) is 5.92 Å². The second-order valence-electron chi connectivity index (χ2n) is 7.76. The van der Waals surface area contributed by atoms with Crippen molar-refractivity contribution in [2.45, 2.75) is 62.3 Å². The topological polar surface area (TPSA) is 92.3 Å². The first-order chi connectivity index (χ1) is 13.6. The number of fused-ring (bicyclic) bond motifs is 1. The summed E-state index contributed by atoms with van der Waals surface area (Å²) in [5.41, 5.74) is 1.03. The number of carbonyl (C=O) groups excluding carboxylic acids is 1. The van der Waals surface area contributed by atoms with E-state index in [1.54, 1.807) is 18.2 Å². The number of hydrogen-bond donors (Lipinski definition) is 1. The van der Waals surface area contributed by atoms with Gasteiger partial charge >= 0.3 is 0 Å². The Morgan fingerprint density at radius 1 is 1.04 bits per heavy atom. The first-order valence-electron chi connectivity index (χ1n) is 10.1. The molecule has 4 rings (SSSR count). The molecule has 1 aliphatic carbocycles. The van der Waals surface area contributed by atoms with Gasteiger partial charge in [-0.3, -0.25) is 4.79 Å². The zero-order valence-corrected chi connectivity index (χ0v) is 17.5. The van der Waals surface area contributed by atoms with Gasteiger partial charge in [-0.1, -0.05) is 31.7 Å². The Bertz CT molecular complexity index is 928. The summed E-state index contributed by atoms with van der Waals surface area (Å²) < 4.78 is 36.0. The van der Waals surface area contributed by atoms with Crippen LogP contribution in [0.2, 0.25) is 0 Å². The predicted molar refractivity (Wildman–Crippen MR) is 109 cm³/mol. The third-order valence-electron chi connectivity index (χ3n) is 5.89. The number of benzene rings is 1. The lowest BCUT2D eigenvalue weighted by molar-refractivity contribution is -0.126. The lowest BCUT2D eigenvalue weighted by atomic mass is 9.96. The molecular weight excluding hydrogens is 396 g/mol. The quantitative estimate of drug-likeness (QED) is 0.765. The average Bonchev–Trinajstić information content (AvgIpc) is 3.05. The molecule has 1 N–H and O–H groups in total. The summed E-state index contributed by atoms with van der Waals surface area (Å²) >= 11 is 1.02. The van der Waals surface area contributed by atoms with Crippen molar-refractivity contribution in [1.82, 2.24) is 18.4 Å². The zero-order valence-electron chi connectivity index (χ0n) is 15.8. The van der Waals surface area contributed by atoms with E-state index in [1.165, 1.54) is 30.0 Å². The van der Waals surface area contributed by atoms with Crippen LogP contribution in [0.25, 0.3) is 11.0 Å². The Labute approximate surface area is 169 Å². The van der Waals surface area contributed by atoms with Crippen molar-refractivity contribution in [1.29, 1.82) is 0 Å². The molecule has 1 aliphatic heterocycles. The van der Waals surface area contributed by atoms with Gasteiger partial charge in [0, 0.05) is 25.0 Å². The SMILES string of the molecule is O=C(NC1CCCCCC1)C1CCN(S(=O)(=O)c2cccc3nsnc23)CC1. The van der Waals surface area contributed by atoms with Crippen LogP contribution in [0, 0.1) is 5.92 Å². The standard InChI is InChI=1S/C19H26N4O3S2/c24-19(20-15-6-3-1-2-4-7-15)14-10-12-23(13-11-14)28(25,26)17-9-5-8-16-18(17)22-27-21-16/h5,8-9,14-15H,1-4,6-7,10-13H2,(H,20,24). The molecule has 1 aromatic heterocycles. The van der Waals surface area contributed by atoms with Crippen LogP contribution in [-0.2, 0) is 14.8 Å². The van der Waals surface area contributed by atoms with Crippen LogP contribution in [0.4, 0.5) is 0 Å². The molecule has 0 bridgehead atoms. The number of hydrogen-bond acceptors (Lipinski definition) is 6. The fourth-order valence-corrected chi connectivity index (χ4v) is 6.45. The number of piperidine rings is 1. The van der Waals surface area contributed by atoms with Crippen LogP contribution in [0.5, 0.6) is 0 Å². The van der Waals surface area contributed by atoms with E-state index in [2.05, 4.69) is 14.1 Å². The highest BCUT2D eigenvalue weighted by Crippen LogP contribution is 2.28. The number of carbonyl (C=O) groups is 1. The number of nitrogens with zero attached hydrogens (tertiary/aromatic N) is 3. The minimum absolute atomic E-state index is 0.0924. The van der Waals surface area contributed by atoms with Crippen molar-refractivity contribution >= 4 is 38.7 Å². The van der Waals surface area contributed by atoms with Gasteiger partial charge < -0.3 is 5.32 Å². The summed E-state index contributed by atoms with van der Waals surface area (Å²) in [5.74, 6) is -0.0128. The minimum Gasteiger partial charge on any atom is -0.353 e. The predicted octanol–water partition coefficient (Wildman–Crippen LogP) is 2.93. The lowest BCUT2D eigenvalue weighted by Crippen LogP contribution is -2.45. The minimum atomic E-state index is -3.63. The van der Waals surface area contributed by atoms with Crippen LogP contribution in [0.3, 0.4) is 0 Å². The monoisotopic (exact) mass is 422 g/mol. The van der Waals surface area contributed by atoms with Gasteiger partial charge in [-0.05, 0) is 37.8 Å². The third-order valence-corrected chi connectivity index (χ3v) is 8.37. The van der Waals surface area contributed by atoms with Crippen LogP contribution >= 0.6 is 11.7 Å². The highest BCUT2D eigenvalue weighted by molar-refractivity contribution is 7.89. The summed E-state index contributed by atoms with van der Waals surface area (Å²) in [5, 5.41) is 3.21. The van der Waals surface area contributed by atoms with E-state index in [1.807, 2.05) is 0 Å². The molecule has 9 heteroatoms. The fourth-order valence-electron chi connectivity index (χ4n) is 4.23. The summed E-state index contributed by atoms with van der Waals surface area (Å²) in [6, 6.07) is 5.33. The summed E-state index contributed by atoms with van der Waals surface area (Å²) in [7, 11) is -3.63. The molecular formula is C19H26N4O3S2. The van der Waals surface area contributed by atoms with E-state index >= 15 is 0 Å². The summed E-state index contributed by atoms with van der Waals surface area (Å²) in [4.78, 5) is 12.9. The Morgan fingerprint density at radius 3 is 2.46 bits per heavy atom. The molecule has 0 radical (unpaired) electrons. The maximum absolute atomic E-state index is 13.1. The molecule has 2 fully saturated rings. The normalized spacial score (nSPS) is 20.9. The van der Waals surface area contributed by atoms with Gasteiger partial charge in [-0.15, -0.1) is 0 Å². The van der Waals surface area contributed by atoms with E-state index < -0.39 is 10.0 Å². The number of sulfonamides is 1. The van der Waals surface area contributed by atoms with E-state index in [-0.39, 0.29) is 22.8 Å². The Morgan fingerprint density at radius 2 is 1.75 bits per heavy atom. The Kier molecular flexibility index (Phi) is 5.93. The smallest absolute Gasteiger partial charge is 0.245 e. The van der Waals surface area contributed by atoms with Crippen LogP contribution in [0.15, 0.2) is 23.1 Å². The van der Waals surface area contributed by atoms with Crippen LogP contribution < -0.4 is 5.32 Å². The number of nitrogens with one attached hydrogen (secondary N) is 1. The van der Waals surface area contributed by atoms with Crippen molar-refractivity contribution in [3.05, 3.63) is 18.2 Å². The largest absolute Gasteiger partial charge is 0.353 e. The van der Waals surface area contributed by atoms with E-state index in [4.69, 9.17) is 0 Å². The van der Waals surface area contributed by atoms with Crippen molar-refractivity contribution < 1.29 is 13.2 Å². The molecule has 28 heavy (non-hydrogen) atoms. The van der Waals surface area contributed by atoms with E-state index in [0.29, 0.717) is 37.0 Å². The molecule has 1 saturated heterocycles. The fraction of sp³-hybridized carbons (Fsp3) is 0.632. The van der Waals surface area contributed by atoms with Crippen molar-refractivity contribution in [3.63, 3.8) is 0 Å². The van der Waals surface area contributed by atoms with Gasteiger partial charge in [0.1, 0.15) is 15.9 Å². The summed E-state index contributed by atoms with van der Waals surface area (Å²) in [6.07, 6.45) is 8.10. The summed E-state index contributed by atoms with van der Waals surface area (Å²) in [6.45, 7) is 0.720. The Balaban J connectivity index is 1.39. The van der Waals surface area contributed by atoms with Gasteiger partial charge in [0.2, 0.25) is 15.9 Å². The number of amides is 1. The highest BCUT2D eigenvalue weighted by Gasteiger charge is 2.34. The second kappa shape index (κ2) is 8.42. The van der Waals surface area contributed by atoms with Gasteiger partial charge in [-0.2, -0.15) is 13.1 Å². The number of rotatable bonds is 4. The second-order valence-corrected chi connectivity index (χ2v) is 10.2.